The number of methoxy groups -OCH3 is 1. The van der Waals surface area contributed by atoms with Crippen LogP contribution in [0.2, 0.25) is 0 Å². The molecule has 0 bridgehead atoms. The van der Waals surface area contributed by atoms with Gasteiger partial charge in [-0.2, -0.15) is 5.48 Å². The van der Waals surface area contributed by atoms with E-state index < -0.39 is 17.7 Å². The van der Waals surface area contributed by atoms with E-state index in [1.54, 1.807) is 42.5 Å². The maximum atomic E-state index is 11.8. The fraction of sp³-hybridized carbons (Fsp3) is 0.222. The largest absolute Gasteiger partial charge is 0.479 e. The molecule has 0 spiro atoms. The summed E-state index contributed by atoms with van der Waals surface area (Å²) in [5.41, 5.74) is 1.27. The van der Waals surface area contributed by atoms with Gasteiger partial charge in [0.1, 0.15) is 6.61 Å². The van der Waals surface area contributed by atoms with E-state index in [4.69, 9.17) is 14.3 Å². The number of carboxylic acids is 1. The summed E-state index contributed by atoms with van der Waals surface area (Å²) >= 11 is 0. The first-order chi connectivity index (χ1) is 12.1. The lowest BCUT2D eigenvalue weighted by molar-refractivity contribution is -0.187. The molecule has 2 N–H and O–H groups in total. The Hall–Kier alpha value is -2.90. The molecule has 1 atom stereocenters. The maximum Gasteiger partial charge on any atom is 0.431 e. The van der Waals surface area contributed by atoms with Crippen molar-refractivity contribution in [1.29, 1.82) is 0 Å². The smallest absolute Gasteiger partial charge is 0.431 e. The van der Waals surface area contributed by atoms with Crippen LogP contribution in [-0.2, 0) is 31.3 Å². The number of aliphatic carboxylic acids is 1. The summed E-state index contributed by atoms with van der Waals surface area (Å²) in [6, 6.07) is 17.3. The van der Waals surface area contributed by atoms with Crippen LogP contribution in [0, 0.1) is 0 Å². The summed E-state index contributed by atoms with van der Waals surface area (Å²) in [7, 11) is 1.34. The number of carbonyl (C=O) groups is 2. The molecule has 1 amide bonds. The van der Waals surface area contributed by atoms with E-state index in [2.05, 4.69) is 0 Å². The fourth-order valence-electron chi connectivity index (χ4n) is 2.19. The average molecular weight is 345 g/mol. The van der Waals surface area contributed by atoms with E-state index in [1.165, 1.54) is 7.11 Å². The van der Waals surface area contributed by atoms with E-state index >= 15 is 0 Å². The van der Waals surface area contributed by atoms with Gasteiger partial charge in [0, 0.05) is 12.7 Å². The summed E-state index contributed by atoms with van der Waals surface area (Å²) in [6.45, 7) is -0.267. The van der Waals surface area contributed by atoms with Crippen LogP contribution >= 0.6 is 0 Å². The van der Waals surface area contributed by atoms with Crippen LogP contribution in [0.4, 0.5) is 4.79 Å². The molecule has 2 aromatic carbocycles. The summed E-state index contributed by atoms with van der Waals surface area (Å²) < 4.78 is 10.00. The number of carbonyl (C=O) groups excluding carboxylic acids is 1. The van der Waals surface area contributed by atoms with Crippen LogP contribution in [0.15, 0.2) is 60.7 Å². The first kappa shape index (κ1) is 18.4. The van der Waals surface area contributed by atoms with Gasteiger partial charge in [-0.3, -0.25) is 0 Å². The molecule has 132 valence electrons. The molecule has 0 aromatic heterocycles. The zero-order valence-electron chi connectivity index (χ0n) is 13.7. The summed E-state index contributed by atoms with van der Waals surface area (Å²) in [5, 5.41) is 9.63. The van der Waals surface area contributed by atoms with Gasteiger partial charge in [-0.05, 0) is 5.56 Å². The van der Waals surface area contributed by atoms with Gasteiger partial charge in [-0.15, -0.1) is 0 Å². The molecule has 7 heteroatoms. The number of hydrogen-bond acceptors (Lipinski definition) is 5. The van der Waals surface area contributed by atoms with E-state index in [1.807, 2.05) is 23.7 Å². The predicted molar refractivity (Wildman–Crippen MR) is 88.5 cm³/mol. The normalized spacial score (nSPS) is 12.8. The highest BCUT2D eigenvalue weighted by Crippen LogP contribution is 2.26. The van der Waals surface area contributed by atoms with Crippen molar-refractivity contribution >= 4 is 12.1 Å². The number of carboxylic acid groups (broad SMARTS) is 1. The first-order valence-electron chi connectivity index (χ1n) is 7.51. The topological polar surface area (TPSA) is 94.1 Å². The lowest BCUT2D eigenvalue weighted by Crippen LogP contribution is -2.48. The second-order valence-corrected chi connectivity index (χ2v) is 5.20. The quantitative estimate of drug-likeness (QED) is 0.714. The molecular formula is C18H19NO6. The molecule has 0 radical (unpaired) electrons. The lowest BCUT2D eigenvalue weighted by atomic mass is 9.95. The number of rotatable bonds is 8. The Morgan fingerprint density at radius 1 is 1.04 bits per heavy atom. The number of hydrogen-bond donors (Lipinski definition) is 2. The van der Waals surface area contributed by atoms with Crippen LogP contribution in [0.1, 0.15) is 11.1 Å². The fourth-order valence-corrected chi connectivity index (χ4v) is 2.19. The van der Waals surface area contributed by atoms with Gasteiger partial charge in [-0.1, -0.05) is 60.7 Å². The Labute approximate surface area is 145 Å². The van der Waals surface area contributed by atoms with Gasteiger partial charge >= 0.3 is 12.1 Å². The number of nitrogens with one attached hydrogen (secondary N) is 1. The highest BCUT2D eigenvalue weighted by Gasteiger charge is 2.43. The summed E-state index contributed by atoms with van der Waals surface area (Å²) in [5.74, 6) is -1.30. The van der Waals surface area contributed by atoms with E-state index in [-0.39, 0.29) is 13.2 Å². The Kier molecular flexibility index (Phi) is 6.50. The second-order valence-electron chi connectivity index (χ2n) is 5.20. The zero-order chi connectivity index (χ0) is 18.1. The van der Waals surface area contributed by atoms with Crippen LogP contribution < -0.4 is 5.48 Å². The van der Waals surface area contributed by atoms with Crippen molar-refractivity contribution in [2.24, 2.45) is 0 Å². The molecule has 1 unspecified atom stereocenters. The van der Waals surface area contributed by atoms with Gasteiger partial charge in [0.05, 0.1) is 6.61 Å². The molecule has 0 aliphatic heterocycles. The minimum absolute atomic E-state index is 0.0335. The summed E-state index contributed by atoms with van der Waals surface area (Å²) in [4.78, 5) is 28.9. The molecular weight excluding hydrogens is 326 g/mol. The van der Waals surface area contributed by atoms with Crippen molar-refractivity contribution in [2.75, 3.05) is 13.7 Å². The van der Waals surface area contributed by atoms with Gasteiger partial charge < -0.3 is 14.6 Å². The van der Waals surface area contributed by atoms with Gasteiger partial charge in [-0.25, -0.2) is 14.4 Å². The van der Waals surface area contributed by atoms with E-state index in [9.17, 15) is 14.7 Å². The molecule has 2 aromatic rings. The minimum Gasteiger partial charge on any atom is -0.479 e. The van der Waals surface area contributed by atoms with Crippen molar-refractivity contribution in [2.45, 2.75) is 12.2 Å². The first-order valence-corrected chi connectivity index (χ1v) is 7.51. The standard InChI is InChI=1S/C18H19NO6/c1-23-13-18(16(20)21,15-10-6-3-7-11-15)25-19-17(22)24-12-14-8-4-2-5-9-14/h2-11H,12-13H2,1H3,(H,19,22)(H,20,21). The van der Waals surface area contributed by atoms with Gasteiger partial charge in [0.2, 0.25) is 5.60 Å². The van der Waals surface area contributed by atoms with Gasteiger partial charge in [0.15, 0.2) is 0 Å². The second kappa shape index (κ2) is 8.81. The zero-order valence-corrected chi connectivity index (χ0v) is 13.7. The van der Waals surface area contributed by atoms with Crippen molar-refractivity contribution in [1.82, 2.24) is 5.48 Å². The molecule has 0 saturated carbocycles. The van der Waals surface area contributed by atoms with Crippen LogP contribution in [0.25, 0.3) is 0 Å². The number of benzene rings is 2. The third kappa shape index (κ3) is 4.79. The number of amides is 1. The minimum atomic E-state index is -1.89. The third-order valence-corrected chi connectivity index (χ3v) is 3.45. The molecule has 0 aliphatic carbocycles. The van der Waals surface area contributed by atoms with E-state index in [0.29, 0.717) is 5.56 Å². The predicted octanol–water partition coefficient (Wildman–Crippen LogP) is 2.47. The Bertz CT molecular complexity index is 691. The van der Waals surface area contributed by atoms with E-state index in [0.717, 1.165) is 5.56 Å². The van der Waals surface area contributed by atoms with Crippen molar-refractivity contribution in [3.63, 3.8) is 0 Å². The average Bonchev–Trinajstić information content (AvgIpc) is 2.64. The van der Waals surface area contributed by atoms with Crippen LogP contribution in [0.5, 0.6) is 0 Å². The molecule has 7 nitrogen and oxygen atoms in total. The molecule has 0 aliphatic rings. The number of ether oxygens (including phenoxy) is 2. The molecule has 0 heterocycles. The summed E-state index contributed by atoms with van der Waals surface area (Å²) in [6.07, 6.45) is -0.901. The Balaban J connectivity index is 2.04. The number of hydroxylamine groups is 1. The van der Waals surface area contributed by atoms with Crippen molar-refractivity contribution in [3.8, 4) is 0 Å². The van der Waals surface area contributed by atoms with Gasteiger partial charge in [0.25, 0.3) is 0 Å². The highest BCUT2D eigenvalue weighted by molar-refractivity contribution is 5.80. The highest BCUT2D eigenvalue weighted by atomic mass is 16.7. The lowest BCUT2D eigenvalue weighted by Gasteiger charge is -2.28. The van der Waals surface area contributed by atoms with Crippen LogP contribution in [-0.4, -0.2) is 30.9 Å². The molecule has 2 rings (SSSR count). The molecule has 0 fully saturated rings. The third-order valence-electron chi connectivity index (χ3n) is 3.45. The molecule has 0 saturated heterocycles. The Morgan fingerprint density at radius 2 is 1.64 bits per heavy atom. The Morgan fingerprint density at radius 3 is 2.20 bits per heavy atom. The SMILES string of the molecule is COCC(ONC(=O)OCc1ccccc1)(C(=O)O)c1ccccc1. The van der Waals surface area contributed by atoms with Crippen LogP contribution in [0.3, 0.4) is 0 Å². The van der Waals surface area contributed by atoms with Crippen molar-refractivity contribution < 1.29 is 29.0 Å². The molecule has 25 heavy (non-hydrogen) atoms. The monoisotopic (exact) mass is 345 g/mol. The maximum absolute atomic E-state index is 11.8. The van der Waals surface area contributed by atoms with Crippen molar-refractivity contribution in [3.05, 3.63) is 71.8 Å².